The maximum Gasteiger partial charge on any atom is 0.315 e. The van der Waals surface area contributed by atoms with E-state index in [-0.39, 0.29) is 11.6 Å². The third-order valence-electron chi connectivity index (χ3n) is 1.85. The number of hydrogen-bond donors (Lipinski definition) is 2. The highest BCUT2D eigenvalue weighted by Crippen LogP contribution is 2.10. The number of benzene rings is 1. The first-order valence-electron chi connectivity index (χ1n) is 5.17. The van der Waals surface area contributed by atoms with Crippen LogP contribution in [0.4, 0.5) is 4.79 Å². The summed E-state index contributed by atoms with van der Waals surface area (Å²) in [7, 11) is 0. The minimum absolute atomic E-state index is 0.143. The molecule has 0 unspecified atom stereocenters. The largest absolute Gasteiger partial charge is 0.334 e. The lowest BCUT2D eigenvalue weighted by Gasteiger charge is -2.20. The van der Waals surface area contributed by atoms with Gasteiger partial charge in [-0.2, -0.15) is 0 Å². The molecule has 0 aliphatic rings. The van der Waals surface area contributed by atoms with Crippen LogP contribution in [-0.2, 0) is 6.54 Å². The Morgan fingerprint density at radius 2 is 1.81 bits per heavy atom. The van der Waals surface area contributed by atoms with E-state index in [4.69, 9.17) is 0 Å². The van der Waals surface area contributed by atoms with E-state index in [2.05, 4.69) is 26.6 Å². The maximum atomic E-state index is 11.5. The van der Waals surface area contributed by atoms with Crippen molar-refractivity contribution >= 4 is 22.0 Å². The molecule has 2 amide bonds. The van der Waals surface area contributed by atoms with Gasteiger partial charge in [0.1, 0.15) is 0 Å². The van der Waals surface area contributed by atoms with E-state index in [1.807, 2.05) is 45.0 Å². The van der Waals surface area contributed by atoms with E-state index in [1.165, 1.54) is 0 Å². The van der Waals surface area contributed by atoms with E-state index < -0.39 is 0 Å². The van der Waals surface area contributed by atoms with Gasteiger partial charge in [-0.15, -0.1) is 0 Å². The highest BCUT2D eigenvalue weighted by atomic mass is 79.9. The van der Waals surface area contributed by atoms with Gasteiger partial charge in [0.25, 0.3) is 0 Å². The molecule has 1 rings (SSSR count). The lowest BCUT2D eigenvalue weighted by atomic mass is 10.1. The Morgan fingerprint density at radius 3 is 2.31 bits per heavy atom. The summed E-state index contributed by atoms with van der Waals surface area (Å²) in [6.07, 6.45) is 0. The Kier molecular flexibility index (Phi) is 4.35. The second kappa shape index (κ2) is 5.34. The Labute approximate surface area is 105 Å². The molecule has 4 heteroatoms. The fraction of sp³-hybridized carbons (Fsp3) is 0.417. The van der Waals surface area contributed by atoms with Crippen molar-refractivity contribution in [3.8, 4) is 0 Å². The number of hydrogen-bond acceptors (Lipinski definition) is 1. The van der Waals surface area contributed by atoms with E-state index >= 15 is 0 Å². The van der Waals surface area contributed by atoms with Crippen LogP contribution in [-0.4, -0.2) is 11.6 Å². The molecule has 3 nitrogen and oxygen atoms in total. The molecule has 0 spiro atoms. The number of rotatable bonds is 2. The lowest BCUT2D eigenvalue weighted by Crippen LogP contribution is -2.46. The molecule has 0 bridgehead atoms. The minimum Gasteiger partial charge on any atom is -0.334 e. The van der Waals surface area contributed by atoms with Crippen molar-refractivity contribution in [1.82, 2.24) is 10.6 Å². The topological polar surface area (TPSA) is 41.1 Å². The summed E-state index contributed by atoms with van der Waals surface area (Å²) in [6, 6.07) is 7.72. The van der Waals surface area contributed by atoms with Gasteiger partial charge in [0.2, 0.25) is 0 Å². The van der Waals surface area contributed by atoms with Gasteiger partial charge >= 0.3 is 6.03 Å². The van der Waals surface area contributed by atoms with E-state index in [9.17, 15) is 4.79 Å². The molecule has 88 valence electrons. The quantitative estimate of drug-likeness (QED) is 0.861. The van der Waals surface area contributed by atoms with Crippen molar-refractivity contribution < 1.29 is 4.79 Å². The lowest BCUT2D eigenvalue weighted by molar-refractivity contribution is 0.231. The van der Waals surface area contributed by atoms with Crippen molar-refractivity contribution in [2.45, 2.75) is 32.9 Å². The van der Waals surface area contributed by atoms with Crippen LogP contribution in [0.5, 0.6) is 0 Å². The summed E-state index contributed by atoms with van der Waals surface area (Å²) in [6.45, 7) is 6.39. The Hall–Kier alpha value is -1.03. The third kappa shape index (κ3) is 5.16. The van der Waals surface area contributed by atoms with Gasteiger partial charge in [-0.05, 0) is 38.5 Å². The summed E-state index contributed by atoms with van der Waals surface area (Å²) in [5, 5.41) is 5.65. The second-order valence-corrected chi connectivity index (χ2v) is 5.60. The molecule has 0 atom stereocenters. The van der Waals surface area contributed by atoms with Crippen molar-refractivity contribution in [3.63, 3.8) is 0 Å². The monoisotopic (exact) mass is 284 g/mol. The molecule has 0 aromatic heterocycles. The molecule has 1 aromatic carbocycles. The molecule has 16 heavy (non-hydrogen) atoms. The standard InChI is InChI=1S/C12H17BrN2O/c1-12(2,3)15-11(16)14-8-9-4-6-10(13)7-5-9/h4-7H,8H2,1-3H3,(H2,14,15,16). The van der Waals surface area contributed by atoms with Crippen molar-refractivity contribution in [1.29, 1.82) is 0 Å². The highest BCUT2D eigenvalue weighted by Gasteiger charge is 2.12. The molecule has 0 fully saturated rings. The highest BCUT2D eigenvalue weighted by molar-refractivity contribution is 9.10. The molecule has 0 aliphatic heterocycles. The van der Waals surface area contributed by atoms with E-state index in [0.29, 0.717) is 6.54 Å². The number of halogens is 1. The summed E-state index contributed by atoms with van der Waals surface area (Å²) >= 11 is 3.37. The summed E-state index contributed by atoms with van der Waals surface area (Å²) in [4.78, 5) is 11.5. The Morgan fingerprint density at radius 1 is 1.25 bits per heavy atom. The van der Waals surface area contributed by atoms with Gasteiger partial charge in [0.15, 0.2) is 0 Å². The summed E-state index contributed by atoms with van der Waals surface area (Å²) < 4.78 is 1.04. The van der Waals surface area contributed by atoms with Crippen LogP contribution in [0.2, 0.25) is 0 Å². The van der Waals surface area contributed by atoms with Crippen LogP contribution >= 0.6 is 15.9 Å². The predicted octanol–water partition coefficient (Wildman–Crippen LogP) is 3.05. The fourth-order valence-corrected chi connectivity index (χ4v) is 1.43. The molecule has 0 saturated carbocycles. The summed E-state index contributed by atoms with van der Waals surface area (Å²) in [5.74, 6) is 0. The number of nitrogens with one attached hydrogen (secondary N) is 2. The van der Waals surface area contributed by atoms with Crippen LogP contribution in [0.1, 0.15) is 26.3 Å². The zero-order valence-electron chi connectivity index (χ0n) is 9.80. The SMILES string of the molecule is CC(C)(C)NC(=O)NCc1ccc(Br)cc1. The average molecular weight is 285 g/mol. The Balaban J connectivity index is 2.40. The van der Waals surface area contributed by atoms with Crippen LogP contribution in [0.25, 0.3) is 0 Å². The zero-order chi connectivity index (χ0) is 12.2. The molecular weight excluding hydrogens is 268 g/mol. The van der Waals surface area contributed by atoms with Gasteiger partial charge in [-0.1, -0.05) is 28.1 Å². The number of urea groups is 1. The molecule has 2 N–H and O–H groups in total. The smallest absolute Gasteiger partial charge is 0.315 e. The first-order valence-corrected chi connectivity index (χ1v) is 5.96. The van der Waals surface area contributed by atoms with Crippen LogP contribution in [0.3, 0.4) is 0 Å². The molecule has 0 radical (unpaired) electrons. The molecule has 1 aromatic rings. The number of carbonyl (C=O) groups is 1. The first kappa shape index (κ1) is 13.0. The van der Waals surface area contributed by atoms with Crippen LogP contribution in [0, 0.1) is 0 Å². The zero-order valence-corrected chi connectivity index (χ0v) is 11.4. The fourth-order valence-electron chi connectivity index (χ4n) is 1.17. The molecule has 0 saturated heterocycles. The van der Waals surface area contributed by atoms with Crippen LogP contribution < -0.4 is 10.6 Å². The maximum absolute atomic E-state index is 11.5. The third-order valence-corrected chi connectivity index (χ3v) is 2.38. The van der Waals surface area contributed by atoms with Crippen molar-refractivity contribution in [2.24, 2.45) is 0 Å². The number of amides is 2. The van der Waals surface area contributed by atoms with Crippen LogP contribution in [0.15, 0.2) is 28.7 Å². The number of carbonyl (C=O) groups excluding carboxylic acids is 1. The van der Waals surface area contributed by atoms with Gasteiger partial charge in [-0.25, -0.2) is 4.79 Å². The van der Waals surface area contributed by atoms with Crippen molar-refractivity contribution in [2.75, 3.05) is 0 Å². The van der Waals surface area contributed by atoms with E-state index in [1.54, 1.807) is 0 Å². The van der Waals surface area contributed by atoms with Gasteiger partial charge in [-0.3, -0.25) is 0 Å². The minimum atomic E-state index is -0.205. The van der Waals surface area contributed by atoms with Gasteiger partial charge < -0.3 is 10.6 Å². The molecule has 0 heterocycles. The normalized spacial score (nSPS) is 11.0. The summed E-state index contributed by atoms with van der Waals surface area (Å²) in [5.41, 5.74) is 0.872. The molecule has 0 aliphatic carbocycles. The molecular formula is C12H17BrN2O. The van der Waals surface area contributed by atoms with Gasteiger partial charge in [0.05, 0.1) is 0 Å². The van der Waals surface area contributed by atoms with Crippen molar-refractivity contribution in [3.05, 3.63) is 34.3 Å². The Bertz CT molecular complexity index is 354. The van der Waals surface area contributed by atoms with E-state index in [0.717, 1.165) is 10.0 Å². The predicted molar refractivity (Wildman–Crippen MR) is 69.3 cm³/mol. The average Bonchev–Trinajstić information content (AvgIpc) is 2.14. The first-order chi connectivity index (χ1) is 7.37. The van der Waals surface area contributed by atoms with Gasteiger partial charge in [0, 0.05) is 16.6 Å². The second-order valence-electron chi connectivity index (χ2n) is 4.68.